The Morgan fingerprint density at radius 2 is 1.81 bits per heavy atom. The first kappa shape index (κ1) is 9.28. The van der Waals surface area contributed by atoms with E-state index >= 15 is 0 Å². The second-order valence-electron chi connectivity index (χ2n) is 4.19. The van der Waals surface area contributed by atoms with Gasteiger partial charge in [0, 0.05) is 29.4 Å². The molecule has 0 spiro atoms. The van der Waals surface area contributed by atoms with Crippen molar-refractivity contribution in [2.45, 2.75) is 13.8 Å². The van der Waals surface area contributed by atoms with Crippen LogP contribution in [0.3, 0.4) is 0 Å². The van der Waals surface area contributed by atoms with Crippen molar-refractivity contribution in [2.24, 2.45) is 0 Å². The van der Waals surface area contributed by atoms with Gasteiger partial charge in [-0.1, -0.05) is 0 Å². The summed E-state index contributed by atoms with van der Waals surface area (Å²) >= 11 is 0. The normalized spacial score (nSPS) is 11.1. The fourth-order valence-corrected chi connectivity index (χ4v) is 2.15. The minimum absolute atomic E-state index is 1.05. The van der Waals surface area contributed by atoms with Gasteiger partial charge < -0.3 is 0 Å². The number of hydrogen-bond acceptors (Lipinski definition) is 2. The molecule has 2 heterocycles. The van der Waals surface area contributed by atoms with Crippen LogP contribution in [-0.2, 0) is 0 Å². The van der Waals surface area contributed by atoms with Gasteiger partial charge in [0.25, 0.3) is 0 Å². The third-order valence-corrected chi connectivity index (χ3v) is 2.94. The minimum Gasteiger partial charge on any atom is -0.264 e. The number of benzene rings is 1. The standard InChI is InChI=1S/C14H12N2/c1-9-5-12-13-8-15-4-3-11(13)10(2)6-14(12)16-7-9/h3-8H,1-2H3. The summed E-state index contributed by atoms with van der Waals surface area (Å²) in [5.74, 6) is 0. The van der Waals surface area contributed by atoms with Crippen LogP contribution >= 0.6 is 0 Å². The largest absolute Gasteiger partial charge is 0.264 e. The Bertz CT molecular complexity index is 687. The monoisotopic (exact) mass is 208 g/mol. The molecular weight excluding hydrogens is 196 g/mol. The highest BCUT2D eigenvalue weighted by molar-refractivity contribution is 6.07. The van der Waals surface area contributed by atoms with Gasteiger partial charge in [-0.3, -0.25) is 9.97 Å². The lowest BCUT2D eigenvalue weighted by Gasteiger charge is -2.06. The fourth-order valence-electron chi connectivity index (χ4n) is 2.15. The van der Waals surface area contributed by atoms with Gasteiger partial charge in [0.15, 0.2) is 0 Å². The van der Waals surface area contributed by atoms with Gasteiger partial charge in [0.05, 0.1) is 5.52 Å². The van der Waals surface area contributed by atoms with Crippen molar-refractivity contribution < 1.29 is 0 Å². The third kappa shape index (κ3) is 1.27. The number of fused-ring (bicyclic) bond motifs is 3. The maximum absolute atomic E-state index is 4.46. The molecule has 3 aromatic rings. The molecule has 3 rings (SSSR count). The van der Waals surface area contributed by atoms with E-state index in [0.29, 0.717) is 0 Å². The smallest absolute Gasteiger partial charge is 0.0711 e. The molecule has 0 amide bonds. The highest BCUT2D eigenvalue weighted by atomic mass is 14.7. The molecule has 0 fully saturated rings. The summed E-state index contributed by atoms with van der Waals surface area (Å²) in [7, 11) is 0. The van der Waals surface area contributed by atoms with Crippen LogP contribution < -0.4 is 0 Å². The summed E-state index contributed by atoms with van der Waals surface area (Å²) < 4.78 is 0. The van der Waals surface area contributed by atoms with Crippen LogP contribution in [0.15, 0.2) is 36.8 Å². The second kappa shape index (κ2) is 3.27. The van der Waals surface area contributed by atoms with E-state index in [0.717, 1.165) is 5.52 Å². The first-order valence-corrected chi connectivity index (χ1v) is 5.35. The molecule has 2 heteroatoms. The first-order chi connectivity index (χ1) is 7.75. The van der Waals surface area contributed by atoms with Crippen molar-refractivity contribution in [1.29, 1.82) is 0 Å². The summed E-state index contributed by atoms with van der Waals surface area (Å²) in [6, 6.07) is 6.37. The Morgan fingerprint density at radius 1 is 0.938 bits per heavy atom. The van der Waals surface area contributed by atoms with E-state index in [1.54, 1.807) is 0 Å². The van der Waals surface area contributed by atoms with Crippen molar-refractivity contribution in [3.05, 3.63) is 47.9 Å². The molecule has 2 aromatic heterocycles. The molecule has 0 radical (unpaired) electrons. The first-order valence-electron chi connectivity index (χ1n) is 5.35. The highest BCUT2D eigenvalue weighted by Gasteiger charge is 2.04. The van der Waals surface area contributed by atoms with E-state index < -0.39 is 0 Å². The van der Waals surface area contributed by atoms with Crippen LogP contribution in [0.1, 0.15) is 11.1 Å². The summed E-state index contributed by atoms with van der Waals surface area (Å²) in [5.41, 5.74) is 3.48. The number of hydrogen-bond donors (Lipinski definition) is 0. The number of aryl methyl sites for hydroxylation is 2. The van der Waals surface area contributed by atoms with Gasteiger partial charge in [-0.2, -0.15) is 0 Å². The molecule has 0 unspecified atom stereocenters. The molecule has 2 nitrogen and oxygen atoms in total. The van der Waals surface area contributed by atoms with Crippen LogP contribution in [0.25, 0.3) is 21.7 Å². The molecule has 0 aliphatic carbocycles. The molecule has 0 bridgehead atoms. The topological polar surface area (TPSA) is 25.8 Å². The second-order valence-corrected chi connectivity index (χ2v) is 4.19. The molecular formula is C14H12N2. The zero-order valence-electron chi connectivity index (χ0n) is 9.36. The van der Waals surface area contributed by atoms with E-state index in [2.05, 4.69) is 42.0 Å². The molecule has 1 aromatic carbocycles. The van der Waals surface area contributed by atoms with Gasteiger partial charge in [-0.15, -0.1) is 0 Å². The zero-order chi connectivity index (χ0) is 11.1. The molecule has 16 heavy (non-hydrogen) atoms. The van der Waals surface area contributed by atoms with Crippen molar-refractivity contribution in [3.63, 3.8) is 0 Å². The Balaban J connectivity index is 2.61. The number of pyridine rings is 2. The molecule has 0 aliphatic heterocycles. The van der Waals surface area contributed by atoms with Crippen molar-refractivity contribution in [1.82, 2.24) is 9.97 Å². The highest BCUT2D eigenvalue weighted by Crippen LogP contribution is 2.26. The van der Waals surface area contributed by atoms with Crippen LogP contribution in [0.4, 0.5) is 0 Å². The number of rotatable bonds is 0. The summed E-state index contributed by atoms with van der Waals surface area (Å²) in [6.07, 6.45) is 5.67. The van der Waals surface area contributed by atoms with Gasteiger partial charge >= 0.3 is 0 Å². The maximum atomic E-state index is 4.46. The van der Waals surface area contributed by atoms with Gasteiger partial charge in [0.2, 0.25) is 0 Å². The van der Waals surface area contributed by atoms with Crippen LogP contribution in [0, 0.1) is 13.8 Å². The molecule has 0 saturated heterocycles. The molecule has 0 aliphatic rings. The Kier molecular flexibility index (Phi) is 1.90. The van der Waals surface area contributed by atoms with Gasteiger partial charge in [-0.25, -0.2) is 0 Å². The van der Waals surface area contributed by atoms with Gasteiger partial charge in [-0.05, 0) is 48.6 Å². The lowest BCUT2D eigenvalue weighted by molar-refractivity contribution is 1.32. The van der Waals surface area contributed by atoms with E-state index in [1.807, 2.05) is 18.6 Å². The maximum Gasteiger partial charge on any atom is 0.0711 e. The number of nitrogens with zero attached hydrogens (tertiary/aromatic N) is 2. The van der Waals surface area contributed by atoms with Crippen molar-refractivity contribution in [2.75, 3.05) is 0 Å². The summed E-state index contributed by atoms with van der Waals surface area (Å²) in [4.78, 5) is 8.67. The number of aromatic nitrogens is 2. The Morgan fingerprint density at radius 3 is 2.69 bits per heavy atom. The van der Waals surface area contributed by atoms with Crippen LogP contribution in [-0.4, -0.2) is 9.97 Å². The van der Waals surface area contributed by atoms with Gasteiger partial charge in [0.1, 0.15) is 0 Å². The predicted molar refractivity (Wildman–Crippen MR) is 66.5 cm³/mol. The lowest BCUT2D eigenvalue weighted by Crippen LogP contribution is -1.87. The van der Waals surface area contributed by atoms with E-state index in [1.165, 1.54) is 27.3 Å². The Hall–Kier alpha value is -1.96. The van der Waals surface area contributed by atoms with Crippen molar-refractivity contribution in [3.8, 4) is 0 Å². The van der Waals surface area contributed by atoms with E-state index in [9.17, 15) is 0 Å². The zero-order valence-corrected chi connectivity index (χ0v) is 9.36. The SMILES string of the molecule is Cc1cnc2cc(C)c3ccncc3c2c1. The van der Waals surface area contributed by atoms with Crippen molar-refractivity contribution >= 4 is 21.7 Å². The average Bonchev–Trinajstić information content (AvgIpc) is 2.31. The summed E-state index contributed by atoms with van der Waals surface area (Å²) in [6.45, 7) is 4.18. The molecule has 0 atom stereocenters. The minimum atomic E-state index is 1.05. The third-order valence-electron chi connectivity index (χ3n) is 2.94. The lowest BCUT2D eigenvalue weighted by atomic mass is 10.0. The van der Waals surface area contributed by atoms with Crippen LogP contribution in [0.5, 0.6) is 0 Å². The van der Waals surface area contributed by atoms with E-state index in [-0.39, 0.29) is 0 Å². The molecule has 0 N–H and O–H groups in total. The average molecular weight is 208 g/mol. The molecule has 78 valence electrons. The predicted octanol–water partition coefficient (Wildman–Crippen LogP) is 3.40. The van der Waals surface area contributed by atoms with Crippen LogP contribution in [0.2, 0.25) is 0 Å². The summed E-state index contributed by atoms with van der Waals surface area (Å²) in [5, 5.41) is 3.64. The quantitative estimate of drug-likeness (QED) is 0.529. The fraction of sp³-hybridized carbons (Fsp3) is 0.143. The van der Waals surface area contributed by atoms with E-state index in [4.69, 9.17) is 0 Å². The molecule has 0 saturated carbocycles. The Labute approximate surface area is 94.0 Å².